The van der Waals surface area contributed by atoms with Crippen LogP contribution in [0.3, 0.4) is 0 Å². The Hall–Kier alpha value is -1.20. The van der Waals surface area contributed by atoms with Gasteiger partial charge in [0.2, 0.25) is 0 Å². The van der Waals surface area contributed by atoms with Gasteiger partial charge in [0.15, 0.2) is 0 Å². The first-order valence-electron chi connectivity index (χ1n) is 7.40. The largest absolute Gasteiger partial charge is 0.478 e. The summed E-state index contributed by atoms with van der Waals surface area (Å²) in [6.07, 6.45) is 0.985. The maximum Gasteiger partial charge on any atom is 0.338 e. The summed E-state index contributed by atoms with van der Waals surface area (Å²) in [5, 5.41) is 12.7. The molecule has 0 aliphatic rings. The zero-order chi connectivity index (χ0) is 15.8. The van der Waals surface area contributed by atoms with E-state index in [0.717, 1.165) is 30.2 Å². The molecular formula is C16H26N2O2S. The zero-order valence-corrected chi connectivity index (χ0v) is 14.2. The van der Waals surface area contributed by atoms with Crippen molar-refractivity contribution in [1.29, 1.82) is 0 Å². The maximum absolute atomic E-state index is 11.5. The number of thioether (sulfide) groups is 1. The van der Waals surface area contributed by atoms with Crippen LogP contribution in [0.5, 0.6) is 0 Å². The topological polar surface area (TPSA) is 52.6 Å². The van der Waals surface area contributed by atoms with Gasteiger partial charge in [-0.3, -0.25) is 0 Å². The van der Waals surface area contributed by atoms with E-state index in [-0.39, 0.29) is 0 Å². The maximum atomic E-state index is 11.5. The van der Waals surface area contributed by atoms with Gasteiger partial charge in [0.05, 0.1) is 5.56 Å². The first-order valence-corrected chi connectivity index (χ1v) is 8.39. The van der Waals surface area contributed by atoms with Crippen LogP contribution in [-0.4, -0.2) is 47.9 Å². The minimum Gasteiger partial charge on any atom is -0.478 e. The Balaban J connectivity index is 2.66. The first-order chi connectivity index (χ1) is 9.97. The highest BCUT2D eigenvalue weighted by Crippen LogP contribution is 2.28. The number of nitrogens with zero attached hydrogens (tertiary/aromatic N) is 1. The lowest BCUT2D eigenvalue weighted by molar-refractivity contribution is 0.0694. The predicted molar refractivity (Wildman–Crippen MR) is 90.7 cm³/mol. The molecule has 118 valence electrons. The molecule has 4 nitrogen and oxygen atoms in total. The molecule has 0 saturated carbocycles. The van der Waals surface area contributed by atoms with E-state index in [2.05, 4.69) is 31.1 Å². The minimum atomic E-state index is -0.867. The van der Waals surface area contributed by atoms with Crippen molar-refractivity contribution in [3.05, 3.63) is 23.8 Å². The Morgan fingerprint density at radius 2 is 2.14 bits per heavy atom. The quantitative estimate of drug-likeness (QED) is 0.539. The highest BCUT2D eigenvalue weighted by atomic mass is 32.2. The number of anilines is 1. The summed E-state index contributed by atoms with van der Waals surface area (Å²) in [6, 6.07) is 6.15. The number of hydrogen-bond acceptors (Lipinski definition) is 4. The van der Waals surface area contributed by atoms with Crippen molar-refractivity contribution >= 4 is 23.4 Å². The Kier molecular flexibility index (Phi) is 7.61. The summed E-state index contributed by atoms with van der Waals surface area (Å²) in [4.78, 5) is 14.6. The number of nitrogens with one attached hydrogen (secondary N) is 1. The Bertz CT molecular complexity index is 464. The van der Waals surface area contributed by atoms with Crippen LogP contribution < -0.4 is 5.32 Å². The second-order valence-corrected chi connectivity index (χ2v) is 6.58. The number of rotatable bonds is 9. The molecule has 1 aromatic carbocycles. The molecule has 0 aliphatic carbocycles. The molecule has 0 bridgehead atoms. The van der Waals surface area contributed by atoms with Gasteiger partial charge >= 0.3 is 5.97 Å². The van der Waals surface area contributed by atoms with Gasteiger partial charge in [-0.25, -0.2) is 4.79 Å². The highest BCUT2D eigenvalue weighted by Gasteiger charge is 2.15. The average molecular weight is 310 g/mol. The van der Waals surface area contributed by atoms with Crippen LogP contribution in [0.1, 0.15) is 37.6 Å². The van der Waals surface area contributed by atoms with E-state index >= 15 is 0 Å². The van der Waals surface area contributed by atoms with E-state index in [1.807, 2.05) is 25.1 Å². The number of carboxylic acids is 1. The molecule has 1 rings (SSSR count). The summed E-state index contributed by atoms with van der Waals surface area (Å²) in [7, 11) is 2.10. The molecule has 1 aromatic rings. The van der Waals surface area contributed by atoms with Crippen molar-refractivity contribution in [2.45, 2.75) is 38.1 Å². The summed E-state index contributed by atoms with van der Waals surface area (Å²) < 4.78 is 0. The lowest BCUT2D eigenvalue weighted by atomic mass is 10.1. The van der Waals surface area contributed by atoms with Crippen LogP contribution in [0, 0.1) is 0 Å². The van der Waals surface area contributed by atoms with Gasteiger partial charge in [0.25, 0.3) is 0 Å². The molecule has 0 amide bonds. The van der Waals surface area contributed by atoms with Crippen LogP contribution in [-0.2, 0) is 0 Å². The van der Waals surface area contributed by atoms with Crippen molar-refractivity contribution < 1.29 is 9.90 Å². The first kappa shape index (κ1) is 17.9. The lowest BCUT2D eigenvalue weighted by Gasteiger charge is -2.21. The molecule has 0 spiro atoms. The molecule has 5 heteroatoms. The van der Waals surface area contributed by atoms with E-state index < -0.39 is 5.97 Å². The molecule has 0 atom stereocenters. The SMILES string of the molecule is CCSc1cccc(NCCCN(C)C(C)C)c1C(=O)O. The van der Waals surface area contributed by atoms with Gasteiger partial charge in [0.1, 0.15) is 0 Å². The van der Waals surface area contributed by atoms with Crippen LogP contribution in [0.15, 0.2) is 23.1 Å². The van der Waals surface area contributed by atoms with Crippen LogP contribution in [0.4, 0.5) is 5.69 Å². The number of benzene rings is 1. The smallest absolute Gasteiger partial charge is 0.338 e. The molecule has 0 fully saturated rings. The van der Waals surface area contributed by atoms with E-state index in [9.17, 15) is 9.90 Å². The number of carboxylic acid groups (broad SMARTS) is 1. The van der Waals surface area contributed by atoms with Crippen molar-refractivity contribution in [2.75, 3.05) is 31.2 Å². The molecule has 0 aromatic heterocycles. The third-order valence-corrected chi connectivity index (χ3v) is 4.36. The molecule has 0 saturated heterocycles. The second kappa shape index (κ2) is 8.95. The molecular weight excluding hydrogens is 284 g/mol. The molecule has 0 unspecified atom stereocenters. The number of aromatic carboxylic acids is 1. The van der Waals surface area contributed by atoms with E-state index in [0.29, 0.717) is 17.3 Å². The second-order valence-electron chi connectivity index (χ2n) is 5.27. The lowest BCUT2D eigenvalue weighted by Crippen LogP contribution is -2.28. The standard InChI is InChI=1S/C16H26N2O2S/c1-5-21-14-9-6-8-13(15(14)16(19)20)17-10-7-11-18(4)12(2)3/h6,8-9,12,17H,5,7,10-11H2,1-4H3,(H,19,20). The van der Waals surface area contributed by atoms with Gasteiger partial charge in [-0.2, -0.15) is 0 Å². The van der Waals surface area contributed by atoms with Crippen molar-refractivity contribution in [3.8, 4) is 0 Å². The van der Waals surface area contributed by atoms with Gasteiger partial charge in [-0.15, -0.1) is 11.8 Å². The third kappa shape index (κ3) is 5.59. The average Bonchev–Trinajstić information content (AvgIpc) is 2.43. The van der Waals surface area contributed by atoms with E-state index in [1.54, 1.807) is 11.8 Å². The molecule has 0 aliphatic heterocycles. The Morgan fingerprint density at radius 3 is 2.71 bits per heavy atom. The van der Waals surface area contributed by atoms with Crippen molar-refractivity contribution in [2.24, 2.45) is 0 Å². The summed E-state index contributed by atoms with van der Waals surface area (Å²) >= 11 is 1.56. The monoisotopic (exact) mass is 310 g/mol. The van der Waals surface area contributed by atoms with Crippen LogP contribution in [0.2, 0.25) is 0 Å². The predicted octanol–water partition coefficient (Wildman–Crippen LogP) is 3.64. The zero-order valence-electron chi connectivity index (χ0n) is 13.3. The highest BCUT2D eigenvalue weighted by molar-refractivity contribution is 7.99. The molecule has 2 N–H and O–H groups in total. The fraction of sp³-hybridized carbons (Fsp3) is 0.562. The molecule has 0 heterocycles. The summed E-state index contributed by atoms with van der Waals surface area (Å²) in [6.45, 7) is 8.13. The molecule has 0 radical (unpaired) electrons. The van der Waals surface area contributed by atoms with Gasteiger partial charge in [-0.1, -0.05) is 13.0 Å². The Labute approximate surface area is 131 Å². The molecule has 21 heavy (non-hydrogen) atoms. The third-order valence-electron chi connectivity index (χ3n) is 3.42. The summed E-state index contributed by atoms with van der Waals surface area (Å²) in [5.41, 5.74) is 1.11. The van der Waals surface area contributed by atoms with Gasteiger partial charge < -0.3 is 15.3 Å². The van der Waals surface area contributed by atoms with Crippen molar-refractivity contribution in [1.82, 2.24) is 4.90 Å². The van der Waals surface area contributed by atoms with E-state index in [4.69, 9.17) is 0 Å². The van der Waals surface area contributed by atoms with Gasteiger partial charge in [-0.05, 0) is 51.7 Å². The van der Waals surface area contributed by atoms with Crippen molar-refractivity contribution in [3.63, 3.8) is 0 Å². The van der Waals surface area contributed by atoms with Gasteiger partial charge in [0, 0.05) is 23.2 Å². The Morgan fingerprint density at radius 1 is 1.43 bits per heavy atom. The number of hydrogen-bond donors (Lipinski definition) is 2. The number of carbonyl (C=O) groups is 1. The van der Waals surface area contributed by atoms with E-state index in [1.165, 1.54) is 0 Å². The fourth-order valence-electron chi connectivity index (χ4n) is 1.98. The summed E-state index contributed by atoms with van der Waals surface area (Å²) in [5.74, 6) is -0.00327. The normalized spacial score (nSPS) is 11.1. The van der Waals surface area contributed by atoms with Crippen LogP contribution in [0.25, 0.3) is 0 Å². The minimum absolute atomic E-state index is 0.390. The fourth-order valence-corrected chi connectivity index (χ4v) is 2.81. The van der Waals surface area contributed by atoms with Crippen LogP contribution >= 0.6 is 11.8 Å².